The molecule has 2 N–H and O–H groups in total. The second-order valence-corrected chi connectivity index (χ2v) is 17.4. The van der Waals surface area contributed by atoms with Crippen molar-refractivity contribution in [2.75, 3.05) is 46.2 Å². The van der Waals surface area contributed by atoms with Crippen LogP contribution in [0.1, 0.15) is 82.7 Å². The molecular formula is C57H64O10. The van der Waals surface area contributed by atoms with E-state index in [2.05, 4.69) is 111 Å². The molecule has 0 radical (unpaired) electrons. The summed E-state index contributed by atoms with van der Waals surface area (Å²) in [5, 5.41) is 18.8. The number of aryl methyl sites for hydroxylation is 4. The highest BCUT2D eigenvalue weighted by molar-refractivity contribution is 5.48. The Hall–Kier alpha value is -5.88. The fraction of sp³-hybridized carbons (Fsp3) is 0.368. The molecular weight excluding hydrogens is 845 g/mol. The Kier molecular flexibility index (Phi) is 16.5. The number of para-hydroxylation sites is 1. The number of phenolic OH excluding ortho intramolecular Hbond substituents is 2. The summed E-state index contributed by atoms with van der Waals surface area (Å²) in [6, 6.07) is 45.8. The van der Waals surface area contributed by atoms with Gasteiger partial charge in [0.1, 0.15) is 73.5 Å². The van der Waals surface area contributed by atoms with Crippen molar-refractivity contribution in [1.29, 1.82) is 0 Å². The number of rotatable bonds is 20. The lowest BCUT2D eigenvalue weighted by atomic mass is 9.73. The normalized spacial score (nSPS) is 19.3. The van der Waals surface area contributed by atoms with Gasteiger partial charge in [-0.2, -0.15) is 0 Å². The van der Waals surface area contributed by atoms with E-state index in [0.717, 1.165) is 78.6 Å². The Morgan fingerprint density at radius 2 is 0.881 bits per heavy atom. The Balaban J connectivity index is 0.000000238. The molecule has 0 amide bonds. The Morgan fingerprint density at radius 3 is 1.22 bits per heavy atom. The zero-order valence-electron chi connectivity index (χ0n) is 39.1. The Labute approximate surface area is 395 Å². The van der Waals surface area contributed by atoms with Crippen LogP contribution in [0.2, 0.25) is 0 Å². The molecule has 4 aliphatic heterocycles. The molecule has 10 nitrogen and oxygen atoms in total. The molecule has 4 saturated heterocycles. The van der Waals surface area contributed by atoms with Gasteiger partial charge >= 0.3 is 0 Å². The second-order valence-electron chi connectivity index (χ2n) is 17.4. The molecule has 4 heterocycles. The smallest absolute Gasteiger partial charge is 0.181 e. The minimum atomic E-state index is -0.0727. The maximum absolute atomic E-state index is 9.59. The minimum absolute atomic E-state index is 0.000754. The van der Waals surface area contributed by atoms with E-state index in [1.807, 2.05) is 44.2 Å². The van der Waals surface area contributed by atoms with Crippen molar-refractivity contribution in [2.45, 2.75) is 90.0 Å². The van der Waals surface area contributed by atoms with Crippen LogP contribution in [0.25, 0.3) is 0 Å². The first-order valence-corrected chi connectivity index (χ1v) is 23.7. The Bertz CT molecular complexity index is 2170. The van der Waals surface area contributed by atoms with Gasteiger partial charge in [0, 0.05) is 11.8 Å². The molecule has 10 rings (SSSR count). The van der Waals surface area contributed by atoms with Gasteiger partial charge in [0.25, 0.3) is 0 Å². The van der Waals surface area contributed by atoms with Crippen molar-refractivity contribution >= 4 is 0 Å². The predicted molar refractivity (Wildman–Crippen MR) is 259 cm³/mol. The van der Waals surface area contributed by atoms with Gasteiger partial charge < -0.3 is 48.1 Å². The largest absolute Gasteiger partial charge is 0.508 e. The van der Waals surface area contributed by atoms with Crippen LogP contribution >= 0.6 is 0 Å². The fourth-order valence-electron chi connectivity index (χ4n) is 7.89. The number of benzene rings is 6. The molecule has 0 aromatic heterocycles. The van der Waals surface area contributed by atoms with Gasteiger partial charge in [0.2, 0.25) is 0 Å². The van der Waals surface area contributed by atoms with E-state index in [-0.39, 0.29) is 36.4 Å². The van der Waals surface area contributed by atoms with Crippen molar-refractivity contribution in [2.24, 2.45) is 0 Å². The standard InChI is InChI=1S/C38H38O8.C10H14O.C9H12O/c1-3-26(4-2-25(1)17-45-36-24-46-36)37(27-5-11-30(12-6-27)39-18-33-21-42-33)38(28-7-13-31(14-8-28)40-19-34-22-43-34)29-9-15-32(16-10-29)41-20-35-23-44-35;1-3-8-6-5-7-9(4-2)10(8)11;1-3-8-6-7(2)4-5-9(8)10/h1-16,33-38H,17-24H2;5-7,11H,3-4H2,1-2H3;4-6,10H,3H2,1-2H3. The lowest BCUT2D eigenvalue weighted by molar-refractivity contribution is 0.0386. The van der Waals surface area contributed by atoms with Gasteiger partial charge in [-0.1, -0.05) is 117 Å². The molecule has 6 aromatic rings. The first kappa shape index (κ1) is 47.6. The fourth-order valence-corrected chi connectivity index (χ4v) is 7.89. The van der Waals surface area contributed by atoms with E-state index >= 15 is 0 Å². The van der Waals surface area contributed by atoms with E-state index in [0.29, 0.717) is 44.5 Å². The third kappa shape index (κ3) is 14.3. The molecule has 5 unspecified atom stereocenters. The maximum atomic E-state index is 9.59. The third-order valence-electron chi connectivity index (χ3n) is 12.2. The van der Waals surface area contributed by atoms with Gasteiger partial charge in [-0.05, 0) is 113 Å². The second kappa shape index (κ2) is 23.2. The molecule has 0 bridgehead atoms. The molecule has 0 aliphatic carbocycles. The lowest BCUT2D eigenvalue weighted by Crippen LogP contribution is -2.15. The average molecular weight is 909 g/mol. The van der Waals surface area contributed by atoms with Crippen molar-refractivity contribution < 1.29 is 48.1 Å². The highest BCUT2D eigenvalue weighted by Crippen LogP contribution is 2.44. The lowest BCUT2D eigenvalue weighted by Gasteiger charge is -2.30. The van der Waals surface area contributed by atoms with Crippen LogP contribution in [0, 0.1) is 6.92 Å². The van der Waals surface area contributed by atoms with E-state index < -0.39 is 0 Å². The van der Waals surface area contributed by atoms with Crippen molar-refractivity contribution in [3.8, 4) is 28.7 Å². The van der Waals surface area contributed by atoms with Crippen molar-refractivity contribution in [3.05, 3.63) is 184 Å². The van der Waals surface area contributed by atoms with Crippen LogP contribution in [-0.2, 0) is 49.6 Å². The highest BCUT2D eigenvalue weighted by atomic mass is 16.8. The summed E-state index contributed by atoms with van der Waals surface area (Å²) in [5.41, 5.74) is 10.2. The summed E-state index contributed by atoms with van der Waals surface area (Å²) in [6.07, 6.45) is 3.25. The number of hydrogen-bond acceptors (Lipinski definition) is 10. The van der Waals surface area contributed by atoms with Gasteiger partial charge in [-0.15, -0.1) is 0 Å². The Morgan fingerprint density at radius 1 is 0.493 bits per heavy atom. The number of phenols is 2. The van der Waals surface area contributed by atoms with E-state index in [9.17, 15) is 10.2 Å². The summed E-state index contributed by atoms with van der Waals surface area (Å²) < 4.78 is 45.0. The van der Waals surface area contributed by atoms with Crippen LogP contribution in [-0.4, -0.2) is 81.1 Å². The van der Waals surface area contributed by atoms with Gasteiger partial charge in [-0.3, -0.25) is 0 Å². The molecule has 5 atom stereocenters. The van der Waals surface area contributed by atoms with Gasteiger partial charge in [-0.25, -0.2) is 0 Å². The summed E-state index contributed by atoms with van der Waals surface area (Å²) in [6.45, 7) is 13.4. The SMILES string of the molecule is CCc1cc(C)ccc1O.CCc1cccc(CC)c1O.c1cc(C(c2ccc(OCC3CO3)cc2)C(c2ccc(OCC3CO3)cc2)c2ccc(OCC3CO3)cc2)ccc1COC1CO1. The highest BCUT2D eigenvalue weighted by Gasteiger charge is 2.30. The monoisotopic (exact) mass is 908 g/mol. The zero-order valence-corrected chi connectivity index (χ0v) is 39.1. The summed E-state index contributed by atoms with van der Waals surface area (Å²) in [4.78, 5) is 0. The summed E-state index contributed by atoms with van der Waals surface area (Å²) in [7, 11) is 0. The average Bonchev–Trinajstić information content (AvgIpc) is 4.13. The quantitative estimate of drug-likeness (QED) is 0.0715. The molecule has 0 saturated carbocycles. The zero-order chi connectivity index (χ0) is 46.5. The number of aromatic hydroxyl groups is 2. The van der Waals surface area contributed by atoms with Crippen molar-refractivity contribution in [3.63, 3.8) is 0 Å². The third-order valence-corrected chi connectivity index (χ3v) is 12.2. The maximum Gasteiger partial charge on any atom is 0.181 e. The molecule has 6 aromatic carbocycles. The number of epoxide rings is 4. The molecule has 4 aliphatic rings. The van der Waals surface area contributed by atoms with E-state index in [1.165, 1.54) is 27.8 Å². The molecule has 67 heavy (non-hydrogen) atoms. The molecule has 352 valence electrons. The van der Waals surface area contributed by atoms with Crippen LogP contribution in [0.3, 0.4) is 0 Å². The minimum Gasteiger partial charge on any atom is -0.508 e. The first-order valence-electron chi connectivity index (χ1n) is 23.7. The van der Waals surface area contributed by atoms with Crippen LogP contribution in [0.15, 0.2) is 133 Å². The predicted octanol–water partition coefficient (Wildman–Crippen LogP) is 10.6. The van der Waals surface area contributed by atoms with Crippen LogP contribution < -0.4 is 14.2 Å². The van der Waals surface area contributed by atoms with Gasteiger partial charge in [0.05, 0.1) is 26.4 Å². The molecule has 4 fully saturated rings. The molecule has 0 spiro atoms. The van der Waals surface area contributed by atoms with E-state index in [1.54, 1.807) is 6.07 Å². The van der Waals surface area contributed by atoms with Gasteiger partial charge in [0.15, 0.2) is 6.29 Å². The topological polar surface area (TPSA) is 128 Å². The van der Waals surface area contributed by atoms with Crippen molar-refractivity contribution in [1.82, 2.24) is 0 Å². The summed E-state index contributed by atoms with van der Waals surface area (Å²) >= 11 is 0. The van der Waals surface area contributed by atoms with Crippen LogP contribution in [0.4, 0.5) is 0 Å². The van der Waals surface area contributed by atoms with Crippen LogP contribution in [0.5, 0.6) is 28.7 Å². The molecule has 10 heteroatoms. The van der Waals surface area contributed by atoms with E-state index in [4.69, 9.17) is 37.9 Å². The number of ether oxygens (including phenoxy) is 8. The first-order chi connectivity index (χ1) is 32.8. The number of hydrogen-bond donors (Lipinski definition) is 2. The summed E-state index contributed by atoms with van der Waals surface area (Å²) in [5.74, 6) is 3.41.